The predicted molar refractivity (Wildman–Crippen MR) is 62.0 cm³/mol. The van der Waals surface area contributed by atoms with Crippen LogP contribution < -0.4 is 16.0 Å². The minimum Gasteiger partial charge on any atom is -0.336 e. The van der Waals surface area contributed by atoms with Crippen LogP contribution in [0.1, 0.15) is 5.56 Å². The summed E-state index contributed by atoms with van der Waals surface area (Å²) in [6.45, 7) is 2.96. The highest BCUT2D eigenvalue weighted by Gasteiger charge is 2.08. The highest BCUT2D eigenvalue weighted by atomic mass is 16.2. The molecule has 0 fully saturated rings. The third kappa shape index (κ3) is 3.25. The molecule has 0 unspecified atom stereocenters. The molecule has 0 aliphatic carbocycles. The number of carbonyl (C=O) groups is 1. The van der Waals surface area contributed by atoms with Crippen LogP contribution in [0, 0.1) is 6.92 Å². The molecule has 3 N–H and O–H groups in total. The van der Waals surface area contributed by atoms with E-state index in [1.165, 1.54) is 5.56 Å². The zero-order chi connectivity index (χ0) is 11.3. The first-order valence-electron chi connectivity index (χ1n) is 4.93. The minimum absolute atomic E-state index is 0.135. The van der Waals surface area contributed by atoms with Crippen LogP contribution in [0.2, 0.25) is 0 Å². The predicted octanol–water partition coefficient (Wildman–Crippen LogP) is 1.10. The van der Waals surface area contributed by atoms with Gasteiger partial charge in [0.1, 0.15) is 0 Å². The molecule has 0 bridgehead atoms. The highest BCUT2D eigenvalue weighted by molar-refractivity contribution is 5.91. The monoisotopic (exact) mass is 207 g/mol. The van der Waals surface area contributed by atoms with Gasteiger partial charge in [0.15, 0.2) is 0 Å². The normalized spacial score (nSPS) is 9.80. The van der Waals surface area contributed by atoms with Crippen LogP contribution in [0.3, 0.4) is 0 Å². The lowest BCUT2D eigenvalue weighted by molar-refractivity contribution is 0.247. The molecule has 1 rings (SSSR count). The van der Waals surface area contributed by atoms with E-state index in [9.17, 15) is 4.79 Å². The zero-order valence-corrected chi connectivity index (χ0v) is 9.16. The van der Waals surface area contributed by atoms with Crippen molar-refractivity contribution in [3.8, 4) is 0 Å². The van der Waals surface area contributed by atoms with Gasteiger partial charge in [-0.2, -0.15) is 0 Å². The highest BCUT2D eigenvalue weighted by Crippen LogP contribution is 2.12. The van der Waals surface area contributed by atoms with E-state index in [2.05, 4.69) is 5.32 Å². The number of rotatable bonds is 3. The van der Waals surface area contributed by atoms with Gasteiger partial charge in [0.25, 0.3) is 0 Å². The maximum absolute atomic E-state index is 11.5. The molecule has 0 radical (unpaired) electrons. The average Bonchev–Trinajstić information content (AvgIpc) is 2.26. The third-order valence-corrected chi connectivity index (χ3v) is 2.15. The number of anilines is 1. The number of amides is 2. The second-order valence-electron chi connectivity index (χ2n) is 3.42. The topological polar surface area (TPSA) is 58.4 Å². The smallest absolute Gasteiger partial charge is 0.321 e. The summed E-state index contributed by atoms with van der Waals surface area (Å²) >= 11 is 0. The van der Waals surface area contributed by atoms with E-state index in [1.807, 2.05) is 31.2 Å². The largest absolute Gasteiger partial charge is 0.336 e. The number of nitrogens with zero attached hydrogens (tertiary/aromatic N) is 1. The summed E-state index contributed by atoms with van der Waals surface area (Å²) in [5, 5.41) is 2.71. The third-order valence-electron chi connectivity index (χ3n) is 2.15. The summed E-state index contributed by atoms with van der Waals surface area (Å²) in [6, 6.07) is 7.64. The van der Waals surface area contributed by atoms with Gasteiger partial charge in [-0.05, 0) is 19.1 Å². The number of nitrogens with one attached hydrogen (secondary N) is 1. The van der Waals surface area contributed by atoms with E-state index in [4.69, 9.17) is 5.73 Å². The van der Waals surface area contributed by atoms with Crippen LogP contribution in [0.4, 0.5) is 10.5 Å². The SMILES string of the molecule is Cc1ccc(N(C)C(=O)NCCN)cc1. The molecular weight excluding hydrogens is 190 g/mol. The molecule has 0 spiro atoms. The fourth-order valence-corrected chi connectivity index (χ4v) is 1.18. The lowest BCUT2D eigenvalue weighted by Crippen LogP contribution is -2.39. The Labute approximate surface area is 90.1 Å². The Morgan fingerprint density at radius 2 is 2.00 bits per heavy atom. The summed E-state index contributed by atoms with van der Waals surface area (Å²) in [6.07, 6.45) is 0. The molecule has 0 aliphatic heterocycles. The number of hydrogen-bond acceptors (Lipinski definition) is 2. The zero-order valence-electron chi connectivity index (χ0n) is 9.16. The lowest BCUT2D eigenvalue weighted by Gasteiger charge is -2.17. The van der Waals surface area contributed by atoms with Gasteiger partial charge < -0.3 is 11.1 Å². The lowest BCUT2D eigenvalue weighted by atomic mass is 10.2. The van der Waals surface area contributed by atoms with Gasteiger partial charge in [-0.15, -0.1) is 0 Å². The van der Waals surface area contributed by atoms with Crippen molar-refractivity contribution in [2.75, 3.05) is 25.0 Å². The molecule has 1 aromatic rings. The van der Waals surface area contributed by atoms with Crippen molar-refractivity contribution in [3.63, 3.8) is 0 Å². The molecule has 4 nitrogen and oxygen atoms in total. The van der Waals surface area contributed by atoms with Crippen LogP contribution in [0.25, 0.3) is 0 Å². The number of urea groups is 1. The van der Waals surface area contributed by atoms with Crippen LogP contribution in [0.5, 0.6) is 0 Å². The molecule has 0 saturated carbocycles. The summed E-state index contributed by atoms with van der Waals surface area (Å²) in [5.74, 6) is 0. The molecule has 0 aromatic heterocycles. The molecule has 4 heteroatoms. The number of hydrogen-bond donors (Lipinski definition) is 2. The van der Waals surface area contributed by atoms with Crippen molar-refractivity contribution in [2.45, 2.75) is 6.92 Å². The summed E-state index contributed by atoms with van der Waals surface area (Å²) in [5.41, 5.74) is 7.35. The Bertz CT molecular complexity index is 321. The van der Waals surface area contributed by atoms with Crippen molar-refractivity contribution < 1.29 is 4.79 Å². The van der Waals surface area contributed by atoms with Crippen LogP contribution >= 0.6 is 0 Å². The number of carbonyl (C=O) groups excluding carboxylic acids is 1. The first-order valence-corrected chi connectivity index (χ1v) is 4.93. The second kappa shape index (κ2) is 5.36. The van der Waals surface area contributed by atoms with Gasteiger partial charge in [-0.3, -0.25) is 4.90 Å². The maximum atomic E-state index is 11.5. The summed E-state index contributed by atoms with van der Waals surface area (Å²) < 4.78 is 0. The van der Waals surface area contributed by atoms with Crippen molar-refractivity contribution >= 4 is 11.7 Å². The molecule has 82 valence electrons. The number of benzene rings is 1. The Morgan fingerprint density at radius 1 is 1.40 bits per heavy atom. The van der Waals surface area contributed by atoms with Crippen molar-refractivity contribution in [1.82, 2.24) is 5.32 Å². The fraction of sp³-hybridized carbons (Fsp3) is 0.364. The molecule has 0 atom stereocenters. The van der Waals surface area contributed by atoms with E-state index in [0.29, 0.717) is 13.1 Å². The van der Waals surface area contributed by atoms with Gasteiger partial charge in [-0.25, -0.2) is 4.79 Å². The van der Waals surface area contributed by atoms with Gasteiger partial charge in [-0.1, -0.05) is 17.7 Å². The Balaban J connectivity index is 2.63. The first kappa shape index (κ1) is 11.5. The van der Waals surface area contributed by atoms with Crippen molar-refractivity contribution in [3.05, 3.63) is 29.8 Å². The second-order valence-corrected chi connectivity index (χ2v) is 3.42. The fourth-order valence-electron chi connectivity index (χ4n) is 1.18. The summed E-state index contributed by atoms with van der Waals surface area (Å²) in [7, 11) is 1.73. The van der Waals surface area contributed by atoms with Crippen LogP contribution in [-0.4, -0.2) is 26.2 Å². The average molecular weight is 207 g/mol. The molecule has 0 saturated heterocycles. The van der Waals surface area contributed by atoms with Crippen molar-refractivity contribution in [2.24, 2.45) is 5.73 Å². The van der Waals surface area contributed by atoms with Gasteiger partial charge in [0.05, 0.1) is 0 Å². The molecule has 2 amide bonds. The first-order chi connectivity index (χ1) is 7.15. The quantitative estimate of drug-likeness (QED) is 0.779. The standard InChI is InChI=1S/C11H17N3O/c1-9-3-5-10(6-4-9)14(2)11(15)13-8-7-12/h3-6H,7-8,12H2,1-2H3,(H,13,15). The Morgan fingerprint density at radius 3 is 2.53 bits per heavy atom. The van der Waals surface area contributed by atoms with Crippen LogP contribution in [0.15, 0.2) is 24.3 Å². The van der Waals surface area contributed by atoms with Gasteiger partial charge in [0.2, 0.25) is 0 Å². The molecule has 0 heterocycles. The maximum Gasteiger partial charge on any atom is 0.321 e. The van der Waals surface area contributed by atoms with Gasteiger partial charge in [0, 0.05) is 25.8 Å². The summed E-state index contributed by atoms with van der Waals surface area (Å²) in [4.78, 5) is 13.1. The van der Waals surface area contributed by atoms with E-state index in [0.717, 1.165) is 5.69 Å². The molecule has 1 aromatic carbocycles. The van der Waals surface area contributed by atoms with E-state index in [1.54, 1.807) is 11.9 Å². The molecular formula is C11H17N3O. The van der Waals surface area contributed by atoms with E-state index < -0.39 is 0 Å². The van der Waals surface area contributed by atoms with E-state index in [-0.39, 0.29) is 6.03 Å². The molecule has 15 heavy (non-hydrogen) atoms. The van der Waals surface area contributed by atoms with Crippen molar-refractivity contribution in [1.29, 1.82) is 0 Å². The molecule has 0 aliphatic rings. The van der Waals surface area contributed by atoms with Gasteiger partial charge >= 0.3 is 6.03 Å². The van der Waals surface area contributed by atoms with Crippen LogP contribution in [-0.2, 0) is 0 Å². The van der Waals surface area contributed by atoms with E-state index >= 15 is 0 Å². The minimum atomic E-state index is -0.135. The number of aryl methyl sites for hydroxylation is 1. The Kier molecular flexibility index (Phi) is 4.12. The number of nitrogens with two attached hydrogens (primary N) is 1. The Hall–Kier alpha value is -1.55.